The van der Waals surface area contributed by atoms with E-state index in [0.29, 0.717) is 0 Å². The number of hydrogen-bond donors (Lipinski definition) is 8. The number of carboxylic acid groups (broad SMARTS) is 2. The van der Waals surface area contributed by atoms with Crippen molar-refractivity contribution >= 4 is 46.9 Å². The maximum atomic E-state index is 10.5. The Labute approximate surface area is 201 Å². The zero-order valence-corrected chi connectivity index (χ0v) is 18.7. The number of aliphatic hydroxyl groups is 8. The molecular formula is C16H22MgO16. The Morgan fingerprint density at radius 1 is 0.788 bits per heavy atom. The second-order valence-electron chi connectivity index (χ2n) is 5.60. The molecule has 0 saturated heterocycles. The molecule has 0 bridgehead atoms. The van der Waals surface area contributed by atoms with Gasteiger partial charge in [0, 0.05) is 11.9 Å². The van der Waals surface area contributed by atoms with Crippen LogP contribution in [0.3, 0.4) is 0 Å². The molecule has 0 aliphatic carbocycles. The average Bonchev–Trinajstić information content (AvgIpc) is 3.11. The van der Waals surface area contributed by atoms with Crippen LogP contribution >= 0.6 is 0 Å². The Morgan fingerprint density at radius 3 is 1.12 bits per heavy atom. The van der Waals surface area contributed by atoms with Gasteiger partial charge in [-0.3, -0.25) is 0 Å². The quantitative estimate of drug-likeness (QED) is 0.133. The molecule has 0 spiro atoms. The normalized spacial score (nSPS) is 20.3. The summed E-state index contributed by atoms with van der Waals surface area (Å²) in [5.41, 5.74) is 0. The molecule has 0 unspecified atom stereocenters. The number of carboxylic acids is 2. The monoisotopic (exact) mass is 494 g/mol. The van der Waals surface area contributed by atoms with Crippen LogP contribution in [0, 0.1) is 0 Å². The Bertz CT molecular complexity index is 675. The molecule has 2 aliphatic heterocycles. The molecule has 0 aromatic carbocycles. The number of rotatable bonds is 4. The van der Waals surface area contributed by atoms with Crippen molar-refractivity contribution in [1.82, 2.24) is 0 Å². The fourth-order valence-corrected chi connectivity index (χ4v) is 1.65. The maximum absolute atomic E-state index is 10.5. The molecule has 0 aromatic rings. The molecule has 0 saturated carbocycles. The third-order valence-corrected chi connectivity index (χ3v) is 2.95. The van der Waals surface area contributed by atoms with Crippen LogP contribution in [0.1, 0.15) is 13.8 Å². The van der Waals surface area contributed by atoms with Gasteiger partial charge in [0.2, 0.25) is 11.5 Å². The smallest absolute Gasteiger partial charge is 0.550 e. The van der Waals surface area contributed by atoms with Gasteiger partial charge in [0.05, 0.1) is 13.2 Å². The number of aliphatic hydroxyl groups excluding tert-OH is 8. The number of aliphatic carboxylic acids is 2. The molecule has 33 heavy (non-hydrogen) atoms. The first-order chi connectivity index (χ1) is 14.6. The molecule has 0 amide bonds. The molecule has 4 atom stereocenters. The van der Waals surface area contributed by atoms with E-state index in [-0.39, 0.29) is 23.1 Å². The molecule has 17 heteroatoms. The van der Waals surface area contributed by atoms with Gasteiger partial charge in [0.25, 0.3) is 0 Å². The van der Waals surface area contributed by atoms with E-state index in [2.05, 4.69) is 9.47 Å². The number of carbonyl (C=O) groups is 4. The van der Waals surface area contributed by atoms with Crippen LogP contribution < -0.4 is 10.2 Å². The zero-order valence-electron chi connectivity index (χ0n) is 17.3. The number of cyclic esters (lactones) is 2. The van der Waals surface area contributed by atoms with E-state index in [4.69, 9.17) is 60.7 Å². The molecule has 0 aromatic heterocycles. The predicted molar refractivity (Wildman–Crippen MR) is 97.6 cm³/mol. The molecule has 0 radical (unpaired) electrons. The molecule has 0 fully saturated rings. The minimum Gasteiger partial charge on any atom is -0.550 e. The van der Waals surface area contributed by atoms with Crippen molar-refractivity contribution in [2.45, 2.75) is 38.3 Å². The number of ether oxygens (including phenoxy) is 2. The molecule has 8 N–H and O–H groups in total. The Hall–Kier alpha value is -2.83. The molecular weight excluding hydrogens is 472 g/mol. The Morgan fingerprint density at radius 2 is 1.00 bits per heavy atom. The minimum atomic E-state index is -1.42. The third-order valence-electron chi connectivity index (χ3n) is 2.95. The van der Waals surface area contributed by atoms with E-state index in [1.165, 1.54) is 0 Å². The summed E-state index contributed by atoms with van der Waals surface area (Å²) in [7, 11) is 0. The second kappa shape index (κ2) is 16.8. The largest absolute Gasteiger partial charge is 2.00 e. The zero-order chi connectivity index (χ0) is 25.8. The number of carbonyl (C=O) groups excluding carboxylic acids is 4. The van der Waals surface area contributed by atoms with Crippen LogP contribution in [-0.2, 0) is 28.7 Å². The van der Waals surface area contributed by atoms with Crippen LogP contribution in [0.25, 0.3) is 0 Å². The fourth-order valence-electron chi connectivity index (χ4n) is 1.65. The SMILES string of the molecule is CC(=O)[O-].CC(=O)[O-].O=C1O[C@H]([C@@H](O)CO)C(O)=C1O.O=C1O[C@H]([C@@H](O)CO)C(O)=C1O.[Mg+2]. The summed E-state index contributed by atoms with van der Waals surface area (Å²) < 4.78 is 8.63. The van der Waals surface area contributed by atoms with Crippen molar-refractivity contribution in [3.8, 4) is 0 Å². The third kappa shape index (κ3) is 12.7. The van der Waals surface area contributed by atoms with E-state index in [9.17, 15) is 9.59 Å². The van der Waals surface area contributed by atoms with E-state index in [0.717, 1.165) is 13.8 Å². The topological polar surface area (TPSA) is 295 Å². The summed E-state index contributed by atoms with van der Waals surface area (Å²) in [4.78, 5) is 38.8. The molecule has 2 aliphatic rings. The van der Waals surface area contributed by atoms with Crippen molar-refractivity contribution in [2.75, 3.05) is 13.2 Å². The molecule has 2 rings (SSSR count). The van der Waals surface area contributed by atoms with Crippen LogP contribution in [0.5, 0.6) is 0 Å². The average molecular weight is 495 g/mol. The van der Waals surface area contributed by atoms with Crippen molar-refractivity contribution in [1.29, 1.82) is 0 Å². The summed E-state index contributed by atoms with van der Waals surface area (Å²) >= 11 is 0. The molecule has 16 nitrogen and oxygen atoms in total. The van der Waals surface area contributed by atoms with Crippen molar-refractivity contribution in [3.05, 3.63) is 23.0 Å². The Balaban J connectivity index is -0.000000405. The summed E-state index contributed by atoms with van der Waals surface area (Å²) in [5.74, 6) is -7.72. The summed E-state index contributed by atoms with van der Waals surface area (Å²) in [6.07, 6.45) is -5.55. The maximum Gasteiger partial charge on any atom is 2.00 e. The van der Waals surface area contributed by atoms with E-state index in [1.54, 1.807) is 0 Å². The number of hydrogen-bond acceptors (Lipinski definition) is 16. The minimum absolute atomic E-state index is 0. The van der Waals surface area contributed by atoms with Crippen molar-refractivity contribution in [2.24, 2.45) is 0 Å². The number of esters is 2. The second-order valence-corrected chi connectivity index (χ2v) is 5.60. The van der Waals surface area contributed by atoms with Crippen molar-refractivity contribution < 1.29 is 79.7 Å². The fraction of sp³-hybridized carbons (Fsp3) is 0.500. The predicted octanol–water partition coefficient (Wildman–Crippen LogP) is -5.68. The van der Waals surface area contributed by atoms with Crippen LogP contribution in [0.15, 0.2) is 23.0 Å². The van der Waals surface area contributed by atoms with Gasteiger partial charge in [-0.2, -0.15) is 0 Å². The van der Waals surface area contributed by atoms with Crippen molar-refractivity contribution in [3.63, 3.8) is 0 Å². The van der Waals surface area contributed by atoms with Gasteiger partial charge in [-0.05, 0) is 13.8 Å². The first-order valence-corrected chi connectivity index (χ1v) is 8.21. The van der Waals surface area contributed by atoms with Gasteiger partial charge in [-0.1, -0.05) is 0 Å². The van der Waals surface area contributed by atoms with E-state index >= 15 is 0 Å². The first-order valence-electron chi connectivity index (χ1n) is 8.21. The standard InChI is InChI=1S/2C6H8O6.2C2H4O2.Mg/c2*7-1-2(8)5-3(9)4(10)6(11)12-5;2*1-2(3)4;/h2*2,5,7-10H,1H2;2*1H3,(H,3,4);/q;;;;+2/p-2/t2*2-,5+;;;/m00.../s1. The van der Waals surface area contributed by atoms with Gasteiger partial charge < -0.3 is 70.1 Å². The van der Waals surface area contributed by atoms with Crippen LogP contribution in [0.2, 0.25) is 0 Å². The van der Waals surface area contributed by atoms with E-state index < -0.39 is 84.5 Å². The van der Waals surface area contributed by atoms with Crippen LogP contribution in [-0.4, -0.2) is 125 Å². The van der Waals surface area contributed by atoms with Crippen LogP contribution in [0.4, 0.5) is 0 Å². The van der Waals surface area contributed by atoms with E-state index in [1.807, 2.05) is 0 Å². The van der Waals surface area contributed by atoms with Gasteiger partial charge >= 0.3 is 35.0 Å². The van der Waals surface area contributed by atoms with Gasteiger partial charge in [-0.25, -0.2) is 9.59 Å². The Kier molecular flexibility index (Phi) is 17.7. The van der Waals surface area contributed by atoms with Gasteiger partial charge in [0.15, 0.2) is 23.7 Å². The summed E-state index contributed by atoms with van der Waals surface area (Å²) in [5, 5.41) is 87.9. The van der Waals surface area contributed by atoms with Gasteiger partial charge in [-0.15, -0.1) is 0 Å². The van der Waals surface area contributed by atoms with Gasteiger partial charge in [0.1, 0.15) is 12.2 Å². The molecule has 2 heterocycles. The first kappa shape index (κ1) is 34.8. The summed E-state index contributed by atoms with van der Waals surface area (Å²) in [6, 6.07) is 0. The molecule has 184 valence electrons. The summed E-state index contributed by atoms with van der Waals surface area (Å²) in [6.45, 7) is 0.602.